The maximum absolute atomic E-state index is 10.8. The van der Waals surface area contributed by atoms with Crippen LogP contribution in [-0.2, 0) is 13.1 Å². The van der Waals surface area contributed by atoms with E-state index in [2.05, 4.69) is 9.88 Å². The Kier molecular flexibility index (Phi) is 4.07. The Bertz CT molecular complexity index is 525. The van der Waals surface area contributed by atoms with Gasteiger partial charge in [-0.2, -0.15) is 0 Å². The second-order valence-corrected chi connectivity index (χ2v) is 5.23. The molecule has 2 aromatic heterocycles. The quantitative estimate of drug-likeness (QED) is 0.899. The summed E-state index contributed by atoms with van der Waals surface area (Å²) in [6.45, 7) is 1.48. The van der Waals surface area contributed by atoms with E-state index in [-0.39, 0.29) is 0 Å². The number of carboxylic acids is 1. The Hall–Kier alpha value is -1.72. The molecule has 18 heavy (non-hydrogen) atoms. The van der Waals surface area contributed by atoms with Crippen molar-refractivity contribution in [2.45, 2.75) is 13.1 Å². The van der Waals surface area contributed by atoms with Crippen LogP contribution in [0.2, 0.25) is 0 Å². The summed E-state index contributed by atoms with van der Waals surface area (Å²) < 4.78 is 0. The molecular weight excluding hydrogens is 248 g/mol. The molecular formula is C13H14N2O2S. The van der Waals surface area contributed by atoms with Gasteiger partial charge in [0, 0.05) is 24.2 Å². The van der Waals surface area contributed by atoms with Crippen molar-refractivity contribution >= 4 is 17.3 Å². The Morgan fingerprint density at radius 2 is 2.17 bits per heavy atom. The number of aromatic nitrogens is 1. The average molecular weight is 262 g/mol. The first-order valence-corrected chi connectivity index (χ1v) is 6.37. The minimum absolute atomic E-state index is 0.385. The summed E-state index contributed by atoms with van der Waals surface area (Å²) in [7, 11) is 1.99. The van der Waals surface area contributed by atoms with Crippen molar-refractivity contribution in [3.05, 3.63) is 52.0 Å². The Labute approximate surface area is 110 Å². The zero-order chi connectivity index (χ0) is 13.0. The molecule has 0 fully saturated rings. The predicted molar refractivity (Wildman–Crippen MR) is 70.7 cm³/mol. The molecule has 0 aliphatic carbocycles. The Balaban J connectivity index is 1.94. The third kappa shape index (κ3) is 3.38. The number of pyridine rings is 1. The highest BCUT2D eigenvalue weighted by molar-refractivity contribution is 7.13. The van der Waals surface area contributed by atoms with Gasteiger partial charge in [-0.25, -0.2) is 4.79 Å². The van der Waals surface area contributed by atoms with Crippen LogP contribution >= 0.6 is 11.3 Å². The number of aromatic carboxylic acids is 1. The first-order chi connectivity index (χ1) is 8.65. The van der Waals surface area contributed by atoms with E-state index in [0.29, 0.717) is 4.88 Å². The van der Waals surface area contributed by atoms with E-state index < -0.39 is 5.97 Å². The van der Waals surface area contributed by atoms with Crippen molar-refractivity contribution in [3.63, 3.8) is 0 Å². The van der Waals surface area contributed by atoms with Crippen molar-refractivity contribution in [1.82, 2.24) is 9.88 Å². The van der Waals surface area contributed by atoms with Crippen molar-refractivity contribution in [3.8, 4) is 0 Å². The van der Waals surface area contributed by atoms with E-state index in [4.69, 9.17) is 5.11 Å². The molecule has 2 aromatic rings. The fraction of sp³-hybridized carbons (Fsp3) is 0.231. The van der Waals surface area contributed by atoms with Crippen LogP contribution in [0.15, 0.2) is 36.5 Å². The number of rotatable bonds is 5. The third-order valence-corrected chi connectivity index (χ3v) is 3.51. The minimum Gasteiger partial charge on any atom is -0.477 e. The second-order valence-electron chi connectivity index (χ2n) is 4.06. The monoisotopic (exact) mass is 262 g/mol. The van der Waals surface area contributed by atoms with Crippen LogP contribution in [0.4, 0.5) is 0 Å². The maximum Gasteiger partial charge on any atom is 0.345 e. The van der Waals surface area contributed by atoms with E-state index in [9.17, 15) is 4.79 Å². The van der Waals surface area contributed by atoms with Crippen molar-refractivity contribution in [2.75, 3.05) is 7.05 Å². The van der Waals surface area contributed by atoms with Crippen LogP contribution in [0.1, 0.15) is 20.2 Å². The molecule has 1 N–H and O–H groups in total. The molecule has 0 radical (unpaired) electrons. The van der Waals surface area contributed by atoms with Gasteiger partial charge in [-0.1, -0.05) is 6.07 Å². The van der Waals surface area contributed by atoms with Crippen LogP contribution in [-0.4, -0.2) is 28.0 Å². The van der Waals surface area contributed by atoms with E-state index in [0.717, 1.165) is 23.7 Å². The molecule has 0 atom stereocenters. The molecule has 0 spiro atoms. The summed E-state index contributed by atoms with van der Waals surface area (Å²) in [4.78, 5) is 18.6. The number of hydrogen-bond donors (Lipinski definition) is 1. The summed E-state index contributed by atoms with van der Waals surface area (Å²) in [6, 6.07) is 9.35. The lowest BCUT2D eigenvalue weighted by molar-refractivity contribution is 0.0702. The first-order valence-electron chi connectivity index (χ1n) is 5.55. The number of thiophene rings is 1. The van der Waals surface area contributed by atoms with E-state index in [1.807, 2.05) is 31.3 Å². The molecule has 2 rings (SSSR count). The smallest absolute Gasteiger partial charge is 0.345 e. The van der Waals surface area contributed by atoms with Crippen LogP contribution in [0, 0.1) is 0 Å². The Morgan fingerprint density at radius 3 is 2.78 bits per heavy atom. The zero-order valence-electron chi connectivity index (χ0n) is 10.0. The van der Waals surface area contributed by atoms with Gasteiger partial charge in [0.05, 0.1) is 5.69 Å². The van der Waals surface area contributed by atoms with Crippen LogP contribution < -0.4 is 0 Å². The predicted octanol–water partition coefficient (Wildman–Crippen LogP) is 2.47. The SMILES string of the molecule is CN(Cc1ccccn1)Cc1ccc(C(=O)O)s1. The molecule has 94 valence electrons. The van der Waals surface area contributed by atoms with E-state index >= 15 is 0 Å². The van der Waals surface area contributed by atoms with Gasteiger partial charge in [0.1, 0.15) is 4.88 Å². The second kappa shape index (κ2) is 5.75. The Morgan fingerprint density at radius 1 is 1.33 bits per heavy atom. The van der Waals surface area contributed by atoms with Crippen molar-refractivity contribution < 1.29 is 9.90 Å². The lowest BCUT2D eigenvalue weighted by Gasteiger charge is -2.14. The van der Waals surface area contributed by atoms with E-state index in [1.165, 1.54) is 11.3 Å². The molecule has 0 unspecified atom stereocenters. The van der Waals surface area contributed by atoms with Crippen LogP contribution in [0.5, 0.6) is 0 Å². The van der Waals surface area contributed by atoms with Gasteiger partial charge in [-0.05, 0) is 31.3 Å². The van der Waals surface area contributed by atoms with Crippen molar-refractivity contribution in [1.29, 1.82) is 0 Å². The number of nitrogens with zero attached hydrogens (tertiary/aromatic N) is 2. The molecule has 2 heterocycles. The third-order valence-electron chi connectivity index (χ3n) is 2.46. The number of carbonyl (C=O) groups is 1. The fourth-order valence-corrected chi connectivity index (χ4v) is 2.59. The summed E-state index contributed by atoms with van der Waals surface area (Å²) in [6.07, 6.45) is 1.77. The van der Waals surface area contributed by atoms with Gasteiger partial charge < -0.3 is 5.11 Å². The molecule has 0 aliphatic heterocycles. The lowest BCUT2D eigenvalue weighted by atomic mass is 10.3. The van der Waals surface area contributed by atoms with Gasteiger partial charge in [0.25, 0.3) is 0 Å². The summed E-state index contributed by atoms with van der Waals surface area (Å²) >= 11 is 1.32. The molecule has 0 bridgehead atoms. The summed E-state index contributed by atoms with van der Waals surface area (Å²) in [5.74, 6) is -0.862. The number of carboxylic acid groups (broad SMARTS) is 1. The lowest BCUT2D eigenvalue weighted by Crippen LogP contribution is -2.17. The fourth-order valence-electron chi connectivity index (χ4n) is 1.67. The normalized spacial score (nSPS) is 10.8. The van der Waals surface area contributed by atoms with Crippen LogP contribution in [0.3, 0.4) is 0 Å². The maximum atomic E-state index is 10.8. The van der Waals surface area contributed by atoms with Gasteiger partial charge in [0.2, 0.25) is 0 Å². The van der Waals surface area contributed by atoms with Gasteiger partial charge in [0.15, 0.2) is 0 Å². The molecule has 0 saturated heterocycles. The van der Waals surface area contributed by atoms with E-state index in [1.54, 1.807) is 12.3 Å². The average Bonchev–Trinajstić information content (AvgIpc) is 2.78. The summed E-state index contributed by atoms with van der Waals surface area (Å²) in [5, 5.41) is 8.85. The molecule has 5 heteroatoms. The first kappa shape index (κ1) is 12.7. The van der Waals surface area contributed by atoms with Gasteiger partial charge in [-0.3, -0.25) is 9.88 Å². The largest absolute Gasteiger partial charge is 0.477 e. The van der Waals surface area contributed by atoms with Crippen molar-refractivity contribution in [2.24, 2.45) is 0 Å². The summed E-state index contributed by atoms with van der Waals surface area (Å²) in [5.41, 5.74) is 1.01. The molecule has 0 aromatic carbocycles. The number of hydrogen-bond acceptors (Lipinski definition) is 4. The van der Waals surface area contributed by atoms with Crippen LogP contribution in [0.25, 0.3) is 0 Å². The zero-order valence-corrected chi connectivity index (χ0v) is 10.9. The van der Waals surface area contributed by atoms with Gasteiger partial charge in [-0.15, -0.1) is 11.3 Å². The topological polar surface area (TPSA) is 53.4 Å². The highest BCUT2D eigenvalue weighted by Crippen LogP contribution is 2.18. The molecule has 4 nitrogen and oxygen atoms in total. The highest BCUT2D eigenvalue weighted by Gasteiger charge is 2.09. The molecule has 0 saturated carbocycles. The minimum atomic E-state index is -0.862. The highest BCUT2D eigenvalue weighted by atomic mass is 32.1. The standard InChI is InChI=1S/C13H14N2O2S/c1-15(8-10-4-2-3-7-14-10)9-11-5-6-12(18-11)13(16)17/h2-7H,8-9H2,1H3,(H,16,17). The molecule has 0 amide bonds. The molecule has 0 aliphatic rings. The van der Waals surface area contributed by atoms with Gasteiger partial charge >= 0.3 is 5.97 Å².